The van der Waals surface area contributed by atoms with E-state index >= 15 is 0 Å². The zero-order valence-corrected chi connectivity index (χ0v) is 20.0. The third-order valence-electron chi connectivity index (χ3n) is 6.47. The lowest BCUT2D eigenvalue weighted by Crippen LogP contribution is -2.43. The van der Waals surface area contributed by atoms with Crippen molar-refractivity contribution in [3.63, 3.8) is 0 Å². The van der Waals surface area contributed by atoms with Gasteiger partial charge in [-0.3, -0.25) is 4.90 Å². The summed E-state index contributed by atoms with van der Waals surface area (Å²) >= 11 is 0. The Bertz CT molecular complexity index is 1440. The quantitative estimate of drug-likeness (QED) is 0.390. The second kappa shape index (κ2) is 9.39. The van der Waals surface area contributed by atoms with Gasteiger partial charge in [-0.25, -0.2) is 36.4 Å². The predicted molar refractivity (Wildman–Crippen MR) is 128 cm³/mol. The Morgan fingerprint density at radius 2 is 1.89 bits per heavy atom. The highest BCUT2D eigenvalue weighted by atomic mass is 19.3. The lowest BCUT2D eigenvalue weighted by atomic mass is 10.1. The zero-order chi connectivity index (χ0) is 26.5. The molecule has 2 fully saturated rings. The zero-order valence-electron chi connectivity index (χ0n) is 20.0. The van der Waals surface area contributed by atoms with Gasteiger partial charge in [-0.15, -0.1) is 5.10 Å². The normalized spacial score (nSPS) is 17.9. The van der Waals surface area contributed by atoms with E-state index in [9.17, 15) is 22.0 Å². The fraction of sp³-hybridized carbons (Fsp3) is 0.478. The molecular weight excluding hydrogens is 497 g/mol. The monoisotopic (exact) mass is 523 g/mol. The number of aryl methyl sites for hydroxylation is 1. The van der Waals surface area contributed by atoms with Crippen molar-refractivity contribution in [1.29, 1.82) is 0 Å². The number of likely N-dealkylation sites (tertiary alicyclic amines) is 1. The first-order valence-electron chi connectivity index (χ1n) is 11.9. The molecule has 4 N–H and O–H groups in total. The highest BCUT2D eigenvalue weighted by Crippen LogP contribution is 2.35. The molecule has 0 radical (unpaired) electrons. The molecule has 2 aliphatic rings. The van der Waals surface area contributed by atoms with Crippen LogP contribution in [-0.4, -0.2) is 65.5 Å². The molecule has 0 spiro atoms. The van der Waals surface area contributed by atoms with Crippen molar-refractivity contribution in [1.82, 2.24) is 34.0 Å². The van der Waals surface area contributed by atoms with E-state index in [2.05, 4.69) is 20.1 Å². The van der Waals surface area contributed by atoms with Gasteiger partial charge in [-0.1, -0.05) is 0 Å². The van der Waals surface area contributed by atoms with Crippen LogP contribution in [-0.2, 0) is 6.54 Å². The topological polar surface area (TPSA) is 116 Å². The maximum atomic E-state index is 14.6. The number of nitrogens with two attached hydrogens (primary N) is 2. The number of alkyl halides is 4. The summed E-state index contributed by atoms with van der Waals surface area (Å²) in [5, 5.41) is 3.89. The Labute approximate surface area is 208 Å². The predicted octanol–water partition coefficient (Wildman–Crippen LogP) is 3.90. The molecule has 198 valence electrons. The number of anilines is 2. The Morgan fingerprint density at radius 1 is 1.14 bits per heavy atom. The van der Waals surface area contributed by atoms with Crippen LogP contribution in [0.4, 0.5) is 33.7 Å². The summed E-state index contributed by atoms with van der Waals surface area (Å²) in [5.74, 6) is -2.77. The number of hydrogen-bond donors (Lipinski definition) is 2. The fourth-order valence-corrected chi connectivity index (χ4v) is 4.70. The number of rotatable bonds is 4. The molecule has 0 amide bonds. The first-order chi connectivity index (χ1) is 17.5. The number of halogens is 5. The van der Waals surface area contributed by atoms with Gasteiger partial charge in [0.05, 0.1) is 30.5 Å². The summed E-state index contributed by atoms with van der Waals surface area (Å²) in [6, 6.07) is 3.63. The van der Waals surface area contributed by atoms with Crippen LogP contribution < -0.4 is 11.5 Å². The largest absolute Gasteiger partial charge is 0.382 e. The number of piperidine rings is 1. The van der Waals surface area contributed by atoms with Gasteiger partial charge in [0, 0.05) is 12.5 Å². The molecule has 1 saturated heterocycles. The number of imidazole rings is 1. The van der Waals surface area contributed by atoms with Crippen molar-refractivity contribution in [3.05, 3.63) is 30.0 Å². The average molecular weight is 524 g/mol. The summed E-state index contributed by atoms with van der Waals surface area (Å²) in [7, 11) is 0. The van der Waals surface area contributed by atoms with Crippen LogP contribution in [0.1, 0.15) is 31.5 Å². The van der Waals surface area contributed by atoms with Crippen molar-refractivity contribution in [2.24, 2.45) is 0 Å². The van der Waals surface area contributed by atoms with E-state index < -0.39 is 24.7 Å². The molecular formula is C23H26F5N9. The summed E-state index contributed by atoms with van der Waals surface area (Å²) in [6.45, 7) is 1.95. The molecule has 9 nitrogen and oxygen atoms in total. The molecule has 0 aromatic carbocycles. The van der Waals surface area contributed by atoms with Crippen molar-refractivity contribution in [2.75, 3.05) is 24.6 Å². The summed E-state index contributed by atoms with van der Waals surface area (Å²) in [4.78, 5) is 14.3. The van der Waals surface area contributed by atoms with E-state index in [-0.39, 0.29) is 47.2 Å². The molecule has 1 aliphatic carbocycles. The van der Waals surface area contributed by atoms with E-state index in [0.29, 0.717) is 23.8 Å². The maximum Gasteiger partial charge on any atom is 0.260 e. The minimum atomic E-state index is -2.57. The minimum absolute atomic E-state index is 0.0116. The van der Waals surface area contributed by atoms with E-state index in [1.165, 1.54) is 15.1 Å². The molecule has 5 heterocycles. The van der Waals surface area contributed by atoms with Crippen LogP contribution in [0.3, 0.4) is 0 Å². The second-order valence-corrected chi connectivity index (χ2v) is 9.36. The second-order valence-electron chi connectivity index (χ2n) is 9.36. The van der Waals surface area contributed by atoms with Crippen molar-refractivity contribution >= 4 is 28.4 Å². The Balaban J connectivity index is 0.000000212. The highest BCUT2D eigenvalue weighted by molar-refractivity contribution is 5.88. The van der Waals surface area contributed by atoms with Gasteiger partial charge in [0.25, 0.3) is 12.3 Å². The molecule has 4 aromatic heterocycles. The van der Waals surface area contributed by atoms with Gasteiger partial charge in [0.2, 0.25) is 5.95 Å². The molecule has 1 saturated carbocycles. The first-order valence-corrected chi connectivity index (χ1v) is 11.9. The third-order valence-corrected chi connectivity index (χ3v) is 6.47. The van der Waals surface area contributed by atoms with Gasteiger partial charge >= 0.3 is 0 Å². The van der Waals surface area contributed by atoms with E-state index in [1.54, 1.807) is 13.0 Å². The fourth-order valence-electron chi connectivity index (χ4n) is 4.70. The van der Waals surface area contributed by atoms with E-state index in [0.717, 1.165) is 25.6 Å². The summed E-state index contributed by atoms with van der Waals surface area (Å²) < 4.78 is 68.3. The minimum Gasteiger partial charge on any atom is -0.382 e. The van der Waals surface area contributed by atoms with Gasteiger partial charge in [0.1, 0.15) is 16.9 Å². The maximum absolute atomic E-state index is 14.6. The number of fused-ring (bicyclic) bond motifs is 2. The lowest BCUT2D eigenvalue weighted by Gasteiger charge is -2.32. The molecule has 0 unspecified atom stereocenters. The van der Waals surface area contributed by atoms with Crippen LogP contribution in [0.5, 0.6) is 0 Å². The number of pyridine rings is 1. The highest BCUT2D eigenvalue weighted by Gasteiger charge is 2.40. The SMILES string of the molecule is Cc1nc2ccc(-c3c(F)cn4nc(N)nc(N)c34)nc2n1CC(F)F.FC1(F)CCCN(C2CC2)C1. The Hall–Kier alpha value is -3.55. The van der Waals surface area contributed by atoms with Crippen LogP contribution in [0, 0.1) is 12.7 Å². The van der Waals surface area contributed by atoms with Gasteiger partial charge < -0.3 is 16.0 Å². The van der Waals surface area contributed by atoms with Crippen molar-refractivity contribution < 1.29 is 22.0 Å². The van der Waals surface area contributed by atoms with E-state index in [1.807, 2.05) is 4.90 Å². The molecule has 1 aliphatic heterocycles. The molecule has 37 heavy (non-hydrogen) atoms. The van der Waals surface area contributed by atoms with Crippen LogP contribution in [0.2, 0.25) is 0 Å². The number of hydrogen-bond acceptors (Lipinski definition) is 7. The van der Waals surface area contributed by atoms with Gasteiger partial charge in [0.15, 0.2) is 17.3 Å². The van der Waals surface area contributed by atoms with Gasteiger partial charge in [-0.05, 0) is 44.9 Å². The standard InChI is InChI=1S/C15H13F3N8.C8H13F2N/c1-6-21-9-3-2-8(22-14(9)25(6)5-10(17)18)11-7(16)4-26-12(11)13(19)23-15(20)24-26;9-8(10)4-1-5-11(6-8)7-2-3-7/h2-4,10H,5H2,1H3,(H4,19,20,23,24);7H,1-6H2. The average Bonchev–Trinajstić information content (AvgIpc) is 3.54. The molecule has 4 aromatic rings. The lowest BCUT2D eigenvalue weighted by molar-refractivity contribution is -0.0661. The Kier molecular flexibility index (Phi) is 6.38. The molecule has 0 bridgehead atoms. The smallest absolute Gasteiger partial charge is 0.260 e. The third kappa shape index (κ3) is 5.15. The van der Waals surface area contributed by atoms with Crippen LogP contribution in [0.15, 0.2) is 18.3 Å². The van der Waals surface area contributed by atoms with Crippen molar-refractivity contribution in [2.45, 2.75) is 57.5 Å². The van der Waals surface area contributed by atoms with Crippen LogP contribution >= 0.6 is 0 Å². The molecule has 6 rings (SSSR count). The summed E-state index contributed by atoms with van der Waals surface area (Å²) in [5.41, 5.74) is 12.5. The van der Waals surface area contributed by atoms with Crippen molar-refractivity contribution in [3.8, 4) is 11.3 Å². The molecule has 0 atom stereocenters. The van der Waals surface area contributed by atoms with E-state index in [4.69, 9.17) is 11.5 Å². The van der Waals surface area contributed by atoms with Gasteiger partial charge in [-0.2, -0.15) is 4.98 Å². The number of nitrogens with zero attached hydrogens (tertiary/aromatic N) is 7. The Morgan fingerprint density at radius 3 is 2.57 bits per heavy atom. The summed E-state index contributed by atoms with van der Waals surface area (Å²) in [6.07, 6.45) is 1.56. The first kappa shape index (κ1) is 25.1. The molecule has 14 heteroatoms. The van der Waals surface area contributed by atoms with Crippen LogP contribution in [0.25, 0.3) is 27.9 Å². The number of aromatic nitrogens is 6. The number of nitrogen functional groups attached to an aromatic ring is 2.